The maximum atomic E-state index is 13.4. The molecule has 21 heavy (non-hydrogen) atoms. The summed E-state index contributed by atoms with van der Waals surface area (Å²) < 4.78 is 20.1. The fraction of sp³-hybridized carbons (Fsp3) is 0.250. The number of nitrogens with two attached hydrogens (primary N) is 1. The first-order valence-electron chi connectivity index (χ1n) is 6.57. The van der Waals surface area contributed by atoms with Gasteiger partial charge in [0.15, 0.2) is 0 Å². The van der Waals surface area contributed by atoms with Gasteiger partial charge < -0.3 is 10.5 Å². The lowest BCUT2D eigenvalue weighted by Crippen LogP contribution is -2.18. The van der Waals surface area contributed by atoms with E-state index in [4.69, 9.17) is 22.1 Å². The van der Waals surface area contributed by atoms with Crippen LogP contribution in [0.3, 0.4) is 0 Å². The summed E-state index contributed by atoms with van der Waals surface area (Å²) in [5, 5.41) is 0.109. The Balaban J connectivity index is 2.17. The molecule has 0 aliphatic heterocycles. The summed E-state index contributed by atoms with van der Waals surface area (Å²) in [5.41, 5.74) is 7.60. The van der Waals surface area contributed by atoms with Crippen LogP contribution in [0.5, 0.6) is 5.75 Å². The highest BCUT2D eigenvalue weighted by atomic mass is 79.9. The molecule has 2 rings (SSSR count). The average Bonchev–Trinajstić information content (AvgIpc) is 2.41. The van der Waals surface area contributed by atoms with Gasteiger partial charge in [0.2, 0.25) is 0 Å². The van der Waals surface area contributed by atoms with Gasteiger partial charge in [0, 0.05) is 6.04 Å². The van der Waals surface area contributed by atoms with E-state index in [2.05, 4.69) is 15.9 Å². The molecule has 0 heterocycles. The van der Waals surface area contributed by atoms with Crippen molar-refractivity contribution in [3.05, 3.63) is 62.8 Å². The van der Waals surface area contributed by atoms with Gasteiger partial charge in [-0.25, -0.2) is 4.39 Å². The molecule has 0 saturated carbocycles. The fourth-order valence-electron chi connectivity index (χ4n) is 2.01. The molecule has 0 fully saturated rings. The van der Waals surface area contributed by atoms with Crippen molar-refractivity contribution >= 4 is 27.5 Å². The van der Waals surface area contributed by atoms with E-state index < -0.39 is 5.82 Å². The summed E-state index contributed by atoms with van der Waals surface area (Å²) in [5.74, 6) is 0.297. The molecule has 2 N–H and O–H groups in total. The molecule has 0 saturated heterocycles. The Hall–Kier alpha value is -1.10. The highest BCUT2D eigenvalue weighted by Gasteiger charge is 2.10. The van der Waals surface area contributed by atoms with E-state index in [0.717, 1.165) is 21.3 Å². The molecule has 0 radical (unpaired) electrons. The summed E-state index contributed by atoms with van der Waals surface area (Å²) in [6.07, 6.45) is 0.712. The molecule has 0 aromatic heterocycles. The molecule has 0 spiro atoms. The first-order valence-corrected chi connectivity index (χ1v) is 7.74. The van der Waals surface area contributed by atoms with Gasteiger partial charge in [-0.2, -0.15) is 0 Å². The Morgan fingerprint density at radius 1 is 1.33 bits per heavy atom. The minimum absolute atomic E-state index is 0.0367. The lowest BCUT2D eigenvalue weighted by Gasteiger charge is -2.15. The van der Waals surface area contributed by atoms with Crippen LogP contribution in [0.2, 0.25) is 5.02 Å². The Bertz CT molecular complexity index is 634. The molecule has 1 unspecified atom stereocenters. The first-order chi connectivity index (χ1) is 9.97. The molecular weight excluding hydrogens is 357 g/mol. The van der Waals surface area contributed by atoms with Gasteiger partial charge >= 0.3 is 0 Å². The van der Waals surface area contributed by atoms with E-state index in [1.54, 1.807) is 6.07 Å². The molecule has 0 bridgehead atoms. The highest BCUT2D eigenvalue weighted by Crippen LogP contribution is 2.30. The summed E-state index contributed by atoms with van der Waals surface area (Å²) in [4.78, 5) is 0. The normalized spacial score (nSPS) is 12.2. The van der Waals surface area contributed by atoms with Gasteiger partial charge in [-0.1, -0.05) is 29.8 Å². The van der Waals surface area contributed by atoms with Crippen molar-refractivity contribution in [2.45, 2.75) is 26.0 Å². The van der Waals surface area contributed by atoms with Crippen LogP contribution in [0, 0.1) is 5.82 Å². The second-order valence-electron chi connectivity index (χ2n) is 4.95. The summed E-state index contributed by atoms with van der Waals surface area (Å²) in [6.45, 7) is 2.21. The van der Waals surface area contributed by atoms with E-state index in [1.165, 1.54) is 12.1 Å². The predicted molar refractivity (Wildman–Crippen MR) is 87.2 cm³/mol. The zero-order valence-corrected chi connectivity index (χ0v) is 13.9. The van der Waals surface area contributed by atoms with Crippen LogP contribution in [0.25, 0.3) is 0 Å². The maximum Gasteiger partial charge on any atom is 0.142 e. The summed E-state index contributed by atoms with van der Waals surface area (Å²) >= 11 is 9.14. The van der Waals surface area contributed by atoms with Gasteiger partial charge in [-0.3, -0.25) is 0 Å². The number of halogens is 3. The van der Waals surface area contributed by atoms with E-state index in [9.17, 15) is 4.39 Å². The van der Waals surface area contributed by atoms with Crippen molar-refractivity contribution in [1.82, 2.24) is 0 Å². The monoisotopic (exact) mass is 371 g/mol. The van der Waals surface area contributed by atoms with Crippen LogP contribution in [0.15, 0.2) is 40.9 Å². The van der Waals surface area contributed by atoms with Gasteiger partial charge in [-0.15, -0.1) is 0 Å². The lowest BCUT2D eigenvalue weighted by molar-refractivity contribution is 0.300. The molecule has 2 nitrogen and oxygen atoms in total. The molecule has 0 amide bonds. The zero-order valence-electron chi connectivity index (χ0n) is 11.6. The minimum atomic E-state index is -0.444. The highest BCUT2D eigenvalue weighted by molar-refractivity contribution is 9.10. The predicted octanol–water partition coefficient (Wildman–Crippen LogP) is 4.71. The van der Waals surface area contributed by atoms with Crippen LogP contribution in [0.1, 0.15) is 18.1 Å². The van der Waals surface area contributed by atoms with Crippen molar-refractivity contribution in [2.24, 2.45) is 5.73 Å². The van der Waals surface area contributed by atoms with Crippen LogP contribution in [-0.2, 0) is 13.0 Å². The zero-order chi connectivity index (χ0) is 15.4. The SMILES string of the molecule is CC(N)Cc1cccc(Br)c1OCc1ccc(Cl)c(F)c1. The van der Waals surface area contributed by atoms with Gasteiger partial charge in [0.25, 0.3) is 0 Å². The van der Waals surface area contributed by atoms with Crippen molar-refractivity contribution in [3.63, 3.8) is 0 Å². The van der Waals surface area contributed by atoms with Crippen LogP contribution in [-0.4, -0.2) is 6.04 Å². The number of benzene rings is 2. The molecule has 2 aromatic carbocycles. The number of para-hydroxylation sites is 1. The summed E-state index contributed by atoms with van der Waals surface area (Å²) in [7, 11) is 0. The maximum absolute atomic E-state index is 13.4. The number of hydrogen-bond donors (Lipinski definition) is 1. The van der Waals surface area contributed by atoms with E-state index in [-0.39, 0.29) is 17.7 Å². The minimum Gasteiger partial charge on any atom is -0.487 e. The number of hydrogen-bond acceptors (Lipinski definition) is 2. The molecule has 2 aromatic rings. The third-order valence-electron chi connectivity index (χ3n) is 2.96. The Morgan fingerprint density at radius 2 is 2.10 bits per heavy atom. The lowest BCUT2D eigenvalue weighted by atomic mass is 10.1. The average molecular weight is 373 g/mol. The van der Waals surface area contributed by atoms with Crippen molar-refractivity contribution in [3.8, 4) is 5.75 Å². The third kappa shape index (κ3) is 4.43. The fourth-order valence-corrected chi connectivity index (χ4v) is 2.65. The van der Waals surface area contributed by atoms with Crippen molar-refractivity contribution in [2.75, 3.05) is 0 Å². The molecule has 5 heteroatoms. The second kappa shape index (κ2) is 7.25. The summed E-state index contributed by atoms with van der Waals surface area (Å²) in [6, 6.07) is 10.5. The largest absolute Gasteiger partial charge is 0.487 e. The molecule has 0 aliphatic carbocycles. The van der Waals surface area contributed by atoms with Crippen molar-refractivity contribution in [1.29, 1.82) is 0 Å². The Kier molecular flexibility index (Phi) is 5.62. The van der Waals surface area contributed by atoms with E-state index in [1.807, 2.05) is 25.1 Å². The second-order valence-corrected chi connectivity index (χ2v) is 6.21. The molecule has 1 atom stereocenters. The number of rotatable bonds is 5. The Labute approximate surface area is 137 Å². The Morgan fingerprint density at radius 3 is 2.76 bits per heavy atom. The molecule has 0 aliphatic rings. The topological polar surface area (TPSA) is 35.2 Å². The standard InChI is InChI=1S/C16H16BrClFNO/c1-10(20)7-12-3-2-4-13(17)16(12)21-9-11-5-6-14(18)15(19)8-11/h2-6,8,10H,7,9,20H2,1H3. The molecule has 112 valence electrons. The van der Waals surface area contributed by atoms with Crippen LogP contribution < -0.4 is 10.5 Å². The first kappa shape index (κ1) is 16.3. The van der Waals surface area contributed by atoms with Gasteiger partial charge in [0.05, 0.1) is 9.50 Å². The van der Waals surface area contributed by atoms with Crippen molar-refractivity contribution < 1.29 is 9.13 Å². The quantitative estimate of drug-likeness (QED) is 0.825. The van der Waals surface area contributed by atoms with Crippen LogP contribution in [0.4, 0.5) is 4.39 Å². The van der Waals surface area contributed by atoms with Gasteiger partial charge in [0.1, 0.15) is 18.2 Å². The van der Waals surface area contributed by atoms with E-state index in [0.29, 0.717) is 6.42 Å². The van der Waals surface area contributed by atoms with Gasteiger partial charge in [-0.05, 0) is 58.6 Å². The third-order valence-corrected chi connectivity index (χ3v) is 3.89. The number of ether oxygens (including phenoxy) is 1. The molecular formula is C16H16BrClFNO. The smallest absolute Gasteiger partial charge is 0.142 e. The van der Waals surface area contributed by atoms with Crippen LogP contribution >= 0.6 is 27.5 Å². The van der Waals surface area contributed by atoms with E-state index >= 15 is 0 Å².